The minimum atomic E-state index is -0.0297. The first-order chi connectivity index (χ1) is 8.65. The van der Waals surface area contributed by atoms with Gasteiger partial charge in [0.2, 0.25) is 0 Å². The van der Waals surface area contributed by atoms with Gasteiger partial charge >= 0.3 is 0 Å². The summed E-state index contributed by atoms with van der Waals surface area (Å²) in [5.74, 6) is -0.0297. The van der Waals surface area contributed by atoms with Gasteiger partial charge in [0.25, 0.3) is 0 Å². The number of ketones is 1. The molecule has 0 aromatic heterocycles. The molecule has 2 N–H and O–H groups in total. The van der Waals surface area contributed by atoms with E-state index in [1.165, 1.54) is 0 Å². The Labute approximate surface area is 114 Å². The highest BCUT2D eigenvalue weighted by Gasteiger charge is 2.00. The van der Waals surface area contributed by atoms with Crippen molar-refractivity contribution in [2.45, 2.75) is 0 Å². The van der Waals surface area contributed by atoms with Crippen molar-refractivity contribution in [1.82, 2.24) is 0 Å². The summed E-state index contributed by atoms with van der Waals surface area (Å²) in [6.45, 7) is 0. The summed E-state index contributed by atoms with van der Waals surface area (Å²) in [7, 11) is 0. The van der Waals surface area contributed by atoms with Gasteiger partial charge in [0, 0.05) is 15.7 Å². The number of rotatable bonds is 3. The first-order valence-electron chi connectivity index (χ1n) is 5.49. The predicted molar refractivity (Wildman–Crippen MR) is 78.4 cm³/mol. The van der Waals surface area contributed by atoms with E-state index in [2.05, 4.69) is 15.9 Å². The van der Waals surface area contributed by atoms with Crippen LogP contribution in [0, 0.1) is 0 Å². The fourth-order valence-electron chi connectivity index (χ4n) is 1.49. The smallest absolute Gasteiger partial charge is 0.185 e. The fraction of sp³-hybridized carbons (Fsp3) is 0. The molecule has 18 heavy (non-hydrogen) atoms. The quantitative estimate of drug-likeness (QED) is 0.530. The normalized spacial score (nSPS) is 10.7. The van der Waals surface area contributed by atoms with E-state index < -0.39 is 0 Å². The Morgan fingerprint density at radius 3 is 2.22 bits per heavy atom. The third kappa shape index (κ3) is 3.31. The molecule has 0 amide bonds. The summed E-state index contributed by atoms with van der Waals surface area (Å²) in [6, 6.07) is 14.7. The van der Waals surface area contributed by atoms with Crippen LogP contribution in [0.3, 0.4) is 0 Å². The highest BCUT2D eigenvalue weighted by atomic mass is 79.9. The van der Waals surface area contributed by atoms with Gasteiger partial charge in [-0.05, 0) is 48.0 Å². The zero-order valence-corrected chi connectivity index (χ0v) is 11.2. The first-order valence-corrected chi connectivity index (χ1v) is 6.28. The van der Waals surface area contributed by atoms with Crippen molar-refractivity contribution in [3.05, 3.63) is 70.2 Å². The third-order valence-corrected chi connectivity index (χ3v) is 3.02. The number of nitrogen functional groups attached to an aromatic ring is 1. The van der Waals surface area contributed by atoms with Crippen LogP contribution in [0.25, 0.3) is 6.08 Å². The Morgan fingerprint density at radius 2 is 1.61 bits per heavy atom. The van der Waals surface area contributed by atoms with Crippen molar-refractivity contribution in [3.8, 4) is 0 Å². The Morgan fingerprint density at radius 1 is 1.00 bits per heavy atom. The van der Waals surface area contributed by atoms with E-state index in [9.17, 15) is 4.79 Å². The van der Waals surface area contributed by atoms with Gasteiger partial charge in [0.15, 0.2) is 5.78 Å². The Balaban J connectivity index is 2.11. The Hall–Kier alpha value is -1.87. The third-order valence-electron chi connectivity index (χ3n) is 2.49. The maximum absolute atomic E-state index is 11.9. The van der Waals surface area contributed by atoms with Crippen LogP contribution in [-0.2, 0) is 0 Å². The van der Waals surface area contributed by atoms with Crippen LogP contribution >= 0.6 is 15.9 Å². The standard InChI is InChI=1S/C15H12BrNO/c16-13-6-1-11(2-7-13)3-10-15(18)12-4-8-14(17)9-5-12/h1-10H,17H2. The molecule has 0 spiro atoms. The minimum absolute atomic E-state index is 0.0297. The molecule has 2 nitrogen and oxygen atoms in total. The van der Waals surface area contributed by atoms with Crippen molar-refractivity contribution in [3.63, 3.8) is 0 Å². The summed E-state index contributed by atoms with van der Waals surface area (Å²) in [5.41, 5.74) is 7.85. The van der Waals surface area contributed by atoms with Gasteiger partial charge in [-0.1, -0.05) is 34.1 Å². The highest BCUT2D eigenvalue weighted by Crippen LogP contribution is 2.12. The van der Waals surface area contributed by atoms with Crippen molar-refractivity contribution in [2.75, 3.05) is 5.73 Å². The zero-order valence-electron chi connectivity index (χ0n) is 9.64. The molecule has 0 bridgehead atoms. The van der Waals surface area contributed by atoms with E-state index in [0.717, 1.165) is 10.0 Å². The van der Waals surface area contributed by atoms with Crippen LogP contribution in [0.4, 0.5) is 5.69 Å². The lowest BCUT2D eigenvalue weighted by Crippen LogP contribution is -1.94. The lowest BCUT2D eigenvalue weighted by atomic mass is 10.1. The molecular weight excluding hydrogens is 290 g/mol. The average molecular weight is 302 g/mol. The lowest BCUT2D eigenvalue weighted by Gasteiger charge is -1.97. The van der Waals surface area contributed by atoms with Crippen molar-refractivity contribution < 1.29 is 4.79 Å². The van der Waals surface area contributed by atoms with Gasteiger partial charge in [0.05, 0.1) is 0 Å². The van der Waals surface area contributed by atoms with Gasteiger partial charge < -0.3 is 5.73 Å². The molecule has 0 radical (unpaired) electrons. The number of hydrogen-bond donors (Lipinski definition) is 1. The van der Waals surface area contributed by atoms with Gasteiger partial charge in [-0.25, -0.2) is 0 Å². The van der Waals surface area contributed by atoms with E-state index in [-0.39, 0.29) is 5.78 Å². The van der Waals surface area contributed by atoms with Gasteiger partial charge in [-0.15, -0.1) is 0 Å². The van der Waals surface area contributed by atoms with Gasteiger partial charge in [-0.2, -0.15) is 0 Å². The zero-order chi connectivity index (χ0) is 13.0. The average Bonchev–Trinajstić information content (AvgIpc) is 2.38. The van der Waals surface area contributed by atoms with Crippen LogP contribution in [0.1, 0.15) is 15.9 Å². The van der Waals surface area contributed by atoms with Crippen LogP contribution in [0.2, 0.25) is 0 Å². The number of anilines is 1. The van der Waals surface area contributed by atoms with Gasteiger partial charge in [-0.3, -0.25) is 4.79 Å². The molecule has 0 saturated carbocycles. The summed E-state index contributed by atoms with van der Waals surface area (Å²) in [5, 5.41) is 0. The summed E-state index contributed by atoms with van der Waals surface area (Å²) >= 11 is 3.37. The summed E-state index contributed by atoms with van der Waals surface area (Å²) < 4.78 is 1.02. The lowest BCUT2D eigenvalue weighted by molar-refractivity contribution is 0.104. The van der Waals surface area contributed by atoms with Crippen molar-refractivity contribution in [1.29, 1.82) is 0 Å². The fourth-order valence-corrected chi connectivity index (χ4v) is 1.75. The van der Waals surface area contributed by atoms with E-state index >= 15 is 0 Å². The SMILES string of the molecule is Nc1ccc(C(=O)C=Cc2ccc(Br)cc2)cc1. The van der Waals surface area contributed by atoms with Crippen LogP contribution in [0.5, 0.6) is 0 Å². The van der Waals surface area contributed by atoms with Crippen molar-refractivity contribution in [2.24, 2.45) is 0 Å². The molecule has 0 fully saturated rings. The van der Waals surface area contributed by atoms with E-state index in [1.54, 1.807) is 36.4 Å². The molecule has 0 heterocycles. The number of carbonyl (C=O) groups is 1. The number of hydrogen-bond acceptors (Lipinski definition) is 2. The molecule has 0 unspecified atom stereocenters. The highest BCUT2D eigenvalue weighted by molar-refractivity contribution is 9.10. The van der Waals surface area contributed by atoms with E-state index in [0.29, 0.717) is 11.3 Å². The van der Waals surface area contributed by atoms with E-state index in [1.807, 2.05) is 24.3 Å². The van der Waals surface area contributed by atoms with Crippen molar-refractivity contribution >= 4 is 33.5 Å². The second-order valence-electron chi connectivity index (χ2n) is 3.87. The van der Waals surface area contributed by atoms with Crippen LogP contribution in [-0.4, -0.2) is 5.78 Å². The molecule has 0 aliphatic carbocycles. The predicted octanol–water partition coefficient (Wildman–Crippen LogP) is 3.93. The molecule has 0 aliphatic rings. The number of halogens is 1. The molecule has 2 rings (SSSR count). The Kier molecular flexibility index (Phi) is 3.95. The molecule has 0 atom stereocenters. The second kappa shape index (κ2) is 5.65. The van der Waals surface area contributed by atoms with Gasteiger partial charge in [0.1, 0.15) is 0 Å². The molecule has 3 heteroatoms. The summed E-state index contributed by atoms with van der Waals surface area (Å²) in [6.07, 6.45) is 3.36. The molecule has 0 aliphatic heterocycles. The number of carbonyl (C=O) groups excluding carboxylic acids is 1. The molecular formula is C15H12BrNO. The van der Waals surface area contributed by atoms with Crippen LogP contribution < -0.4 is 5.73 Å². The van der Waals surface area contributed by atoms with Crippen LogP contribution in [0.15, 0.2) is 59.1 Å². The molecule has 0 saturated heterocycles. The monoisotopic (exact) mass is 301 g/mol. The largest absolute Gasteiger partial charge is 0.399 e. The number of nitrogens with two attached hydrogens (primary N) is 1. The topological polar surface area (TPSA) is 43.1 Å². The molecule has 90 valence electrons. The Bertz CT molecular complexity index is 570. The maximum Gasteiger partial charge on any atom is 0.185 e. The molecule has 2 aromatic rings. The first kappa shape index (κ1) is 12.6. The number of benzene rings is 2. The van der Waals surface area contributed by atoms with E-state index in [4.69, 9.17) is 5.73 Å². The maximum atomic E-state index is 11.9. The second-order valence-corrected chi connectivity index (χ2v) is 4.79. The summed E-state index contributed by atoms with van der Waals surface area (Å²) in [4.78, 5) is 11.9. The minimum Gasteiger partial charge on any atom is -0.399 e. The number of allylic oxidation sites excluding steroid dienone is 1. The molecule has 2 aromatic carbocycles.